The predicted octanol–water partition coefficient (Wildman–Crippen LogP) is 3.28. The number of nitro benzene ring substituents is 1. The van der Waals surface area contributed by atoms with E-state index in [4.69, 9.17) is 11.6 Å². The van der Waals surface area contributed by atoms with Crippen molar-refractivity contribution >= 4 is 40.1 Å². The Balaban J connectivity index is 1.89. The molecule has 0 radical (unpaired) electrons. The fourth-order valence-corrected chi connectivity index (χ4v) is 3.54. The summed E-state index contributed by atoms with van der Waals surface area (Å²) in [7, 11) is 1.66. The van der Waals surface area contributed by atoms with Gasteiger partial charge in [-0.1, -0.05) is 47.7 Å². The first-order valence-electron chi connectivity index (χ1n) is 6.79. The van der Waals surface area contributed by atoms with Crippen LogP contribution in [0.1, 0.15) is 0 Å². The second kappa shape index (κ2) is 6.17. The first kappa shape index (κ1) is 15.8. The summed E-state index contributed by atoms with van der Waals surface area (Å²) in [6.45, 7) is 0. The molecule has 1 aromatic carbocycles. The topological polar surface area (TPSA) is 75.8 Å². The van der Waals surface area contributed by atoms with Crippen LogP contribution < -0.4 is 0 Å². The Morgan fingerprint density at radius 3 is 2.78 bits per heavy atom. The van der Waals surface area contributed by atoms with Gasteiger partial charge in [-0.15, -0.1) is 0 Å². The molecule has 0 N–H and O–H groups in total. The van der Waals surface area contributed by atoms with Gasteiger partial charge in [0, 0.05) is 24.1 Å². The molecule has 0 unspecified atom stereocenters. The summed E-state index contributed by atoms with van der Waals surface area (Å²) in [6, 6.07) is 4.02. The minimum atomic E-state index is -0.502. The van der Waals surface area contributed by atoms with E-state index in [9.17, 15) is 14.9 Å². The Labute approximate surface area is 141 Å². The Morgan fingerprint density at radius 2 is 2.09 bits per heavy atom. The third kappa shape index (κ3) is 3.02. The van der Waals surface area contributed by atoms with Crippen LogP contribution in [0.25, 0.3) is 0 Å². The molecule has 1 heterocycles. The predicted molar refractivity (Wildman–Crippen MR) is 89.7 cm³/mol. The number of aliphatic imine (C=N–C) groups is 1. The molecule has 8 heteroatoms. The van der Waals surface area contributed by atoms with E-state index >= 15 is 0 Å². The van der Waals surface area contributed by atoms with Crippen LogP contribution in [-0.4, -0.2) is 34.0 Å². The molecule has 0 fully saturated rings. The molecule has 0 aromatic heterocycles. The van der Waals surface area contributed by atoms with Crippen molar-refractivity contribution in [1.29, 1.82) is 0 Å². The van der Waals surface area contributed by atoms with E-state index < -0.39 is 4.92 Å². The van der Waals surface area contributed by atoms with E-state index in [2.05, 4.69) is 4.99 Å². The lowest BCUT2D eigenvalue weighted by Gasteiger charge is -2.32. The molecule has 0 saturated heterocycles. The molecule has 3 rings (SSSR count). The van der Waals surface area contributed by atoms with Gasteiger partial charge in [-0.2, -0.15) is 0 Å². The Bertz CT molecular complexity index is 775. The van der Waals surface area contributed by atoms with Crippen LogP contribution in [0.5, 0.6) is 0 Å². The number of allylic oxidation sites excluding steroid dienone is 2. The van der Waals surface area contributed by atoms with E-state index in [1.807, 2.05) is 24.3 Å². The van der Waals surface area contributed by atoms with Crippen molar-refractivity contribution in [3.8, 4) is 0 Å². The highest BCUT2D eigenvalue weighted by Crippen LogP contribution is 2.35. The van der Waals surface area contributed by atoms with Crippen molar-refractivity contribution in [2.45, 2.75) is 10.9 Å². The van der Waals surface area contributed by atoms with E-state index in [1.54, 1.807) is 13.1 Å². The molecule has 1 amide bonds. The lowest BCUT2D eigenvalue weighted by atomic mass is 9.93. The number of rotatable bonds is 2. The quantitative estimate of drug-likeness (QED) is 0.606. The number of fused-ring (bicyclic) bond motifs is 1. The summed E-state index contributed by atoms with van der Waals surface area (Å²) in [6.07, 6.45) is 7.43. The van der Waals surface area contributed by atoms with Gasteiger partial charge in [0.25, 0.3) is 5.69 Å². The number of hydrogen-bond acceptors (Lipinski definition) is 5. The molecule has 2 atom stereocenters. The molecule has 2 aliphatic rings. The van der Waals surface area contributed by atoms with Crippen LogP contribution in [0.2, 0.25) is 5.02 Å². The molecule has 23 heavy (non-hydrogen) atoms. The molecular weight excluding hydrogens is 338 g/mol. The minimum absolute atomic E-state index is 0.0360. The molecule has 0 bridgehead atoms. The van der Waals surface area contributed by atoms with E-state index in [0.717, 1.165) is 0 Å². The zero-order valence-electron chi connectivity index (χ0n) is 12.0. The van der Waals surface area contributed by atoms with Crippen molar-refractivity contribution in [1.82, 2.24) is 4.90 Å². The van der Waals surface area contributed by atoms with Crippen LogP contribution in [0.15, 0.2) is 52.4 Å². The van der Waals surface area contributed by atoms with Gasteiger partial charge in [0.1, 0.15) is 0 Å². The fourth-order valence-electron chi connectivity index (χ4n) is 2.36. The first-order chi connectivity index (χ1) is 11.0. The standard InChI is InChI=1S/C15H12ClN3O3S/c1-18-14(20)10-4-2-3-5-12(10)17-15(18)23-13-7-6-9(19(21)22)8-11(13)16/h2-8,10,12H,1H3/t10-,12-/m0/s1. The molecule has 0 spiro atoms. The van der Waals surface area contributed by atoms with Crippen molar-refractivity contribution in [2.75, 3.05) is 7.05 Å². The minimum Gasteiger partial charge on any atom is -0.294 e. The highest BCUT2D eigenvalue weighted by atomic mass is 35.5. The summed E-state index contributed by atoms with van der Waals surface area (Å²) in [5.41, 5.74) is -0.0743. The van der Waals surface area contributed by atoms with Gasteiger partial charge in [0.15, 0.2) is 5.17 Å². The number of halogens is 1. The third-order valence-corrected chi connectivity index (χ3v) is 5.16. The lowest BCUT2D eigenvalue weighted by Crippen LogP contribution is -2.45. The van der Waals surface area contributed by atoms with E-state index in [1.165, 1.54) is 28.8 Å². The number of amides is 1. The largest absolute Gasteiger partial charge is 0.294 e. The van der Waals surface area contributed by atoms with Crippen LogP contribution in [0.3, 0.4) is 0 Å². The maximum absolute atomic E-state index is 12.4. The number of nitrogens with zero attached hydrogens (tertiary/aromatic N) is 3. The molecule has 1 aliphatic heterocycles. The second-order valence-electron chi connectivity index (χ2n) is 5.07. The Morgan fingerprint density at radius 1 is 1.35 bits per heavy atom. The van der Waals surface area contributed by atoms with Crippen LogP contribution in [-0.2, 0) is 4.79 Å². The summed E-state index contributed by atoms with van der Waals surface area (Å²) in [4.78, 5) is 29.4. The van der Waals surface area contributed by atoms with Crippen LogP contribution in [0, 0.1) is 16.0 Å². The highest BCUT2D eigenvalue weighted by Gasteiger charge is 2.35. The average Bonchev–Trinajstić information content (AvgIpc) is 2.54. The Hall–Kier alpha value is -2.12. The monoisotopic (exact) mass is 349 g/mol. The number of carbonyl (C=O) groups excluding carboxylic acids is 1. The number of hydrogen-bond donors (Lipinski definition) is 0. The number of carbonyl (C=O) groups is 1. The van der Waals surface area contributed by atoms with Gasteiger partial charge in [-0.05, 0) is 6.07 Å². The normalized spacial score (nSPS) is 22.8. The SMILES string of the molecule is CN1C(=O)[C@H]2C=CC=C[C@@H]2N=C1Sc1ccc([N+](=O)[O-])cc1Cl. The van der Waals surface area contributed by atoms with E-state index in [0.29, 0.717) is 10.1 Å². The number of benzene rings is 1. The van der Waals surface area contributed by atoms with Crippen molar-refractivity contribution in [2.24, 2.45) is 10.9 Å². The number of non-ortho nitro benzene ring substituents is 1. The second-order valence-corrected chi connectivity index (χ2v) is 6.49. The van der Waals surface area contributed by atoms with Crippen LogP contribution >= 0.6 is 23.4 Å². The molecule has 1 aromatic rings. The van der Waals surface area contributed by atoms with Gasteiger partial charge < -0.3 is 0 Å². The van der Waals surface area contributed by atoms with Crippen molar-refractivity contribution in [3.05, 3.63) is 57.6 Å². The van der Waals surface area contributed by atoms with Gasteiger partial charge >= 0.3 is 0 Å². The zero-order chi connectivity index (χ0) is 16.6. The Kier molecular flexibility index (Phi) is 4.23. The average molecular weight is 350 g/mol. The van der Waals surface area contributed by atoms with Gasteiger partial charge in [-0.3, -0.25) is 24.8 Å². The fraction of sp³-hybridized carbons (Fsp3) is 0.200. The van der Waals surface area contributed by atoms with Gasteiger partial charge in [0.2, 0.25) is 5.91 Å². The molecule has 0 saturated carbocycles. The van der Waals surface area contributed by atoms with Crippen molar-refractivity contribution < 1.29 is 9.72 Å². The summed E-state index contributed by atoms with van der Waals surface area (Å²) in [5, 5.41) is 11.5. The summed E-state index contributed by atoms with van der Waals surface area (Å²) in [5.74, 6) is -0.312. The number of thioether (sulfide) groups is 1. The van der Waals surface area contributed by atoms with Gasteiger partial charge in [0.05, 0.1) is 21.9 Å². The third-order valence-electron chi connectivity index (χ3n) is 3.60. The van der Waals surface area contributed by atoms with Crippen LogP contribution in [0.4, 0.5) is 5.69 Å². The molecule has 118 valence electrons. The maximum Gasteiger partial charge on any atom is 0.270 e. The summed E-state index contributed by atoms with van der Waals surface area (Å²) >= 11 is 7.33. The zero-order valence-corrected chi connectivity index (χ0v) is 13.6. The number of nitro groups is 1. The van der Waals surface area contributed by atoms with Gasteiger partial charge in [-0.25, -0.2) is 0 Å². The highest BCUT2D eigenvalue weighted by molar-refractivity contribution is 8.14. The van der Waals surface area contributed by atoms with Crippen molar-refractivity contribution in [3.63, 3.8) is 0 Å². The smallest absolute Gasteiger partial charge is 0.270 e. The lowest BCUT2D eigenvalue weighted by molar-refractivity contribution is -0.384. The first-order valence-corrected chi connectivity index (χ1v) is 7.99. The van der Waals surface area contributed by atoms with E-state index in [-0.39, 0.29) is 28.6 Å². The molecule has 6 nitrogen and oxygen atoms in total. The number of amidine groups is 1. The molecular formula is C15H12ClN3O3S. The summed E-state index contributed by atoms with van der Waals surface area (Å²) < 4.78 is 0. The molecule has 1 aliphatic carbocycles. The maximum atomic E-state index is 12.4.